The Balaban J connectivity index is 1.41. The van der Waals surface area contributed by atoms with E-state index in [2.05, 4.69) is 22.1 Å². The van der Waals surface area contributed by atoms with E-state index in [4.69, 9.17) is 14.2 Å². The monoisotopic (exact) mass is 409 g/mol. The zero-order chi connectivity index (χ0) is 21.1. The molecule has 0 bridgehead atoms. The van der Waals surface area contributed by atoms with E-state index < -0.39 is 0 Å². The minimum Gasteiger partial charge on any atom is -0.493 e. The van der Waals surface area contributed by atoms with Gasteiger partial charge in [-0.05, 0) is 48.7 Å². The fourth-order valence-electron chi connectivity index (χ4n) is 4.16. The summed E-state index contributed by atoms with van der Waals surface area (Å²) in [6.45, 7) is 1.49. The van der Waals surface area contributed by atoms with Gasteiger partial charge in [0.15, 0.2) is 11.5 Å². The quantitative estimate of drug-likeness (QED) is 0.674. The number of H-pyrrole nitrogens is 1. The van der Waals surface area contributed by atoms with E-state index in [1.54, 1.807) is 27.5 Å². The van der Waals surface area contributed by atoms with Gasteiger partial charge >= 0.3 is 0 Å². The molecule has 0 atom stereocenters. The summed E-state index contributed by atoms with van der Waals surface area (Å²) < 4.78 is 16.1. The molecule has 1 N–H and O–H groups in total. The third-order valence-electron chi connectivity index (χ3n) is 5.78. The molecule has 1 fully saturated rings. The van der Waals surface area contributed by atoms with Gasteiger partial charge in [-0.25, -0.2) is 4.98 Å². The SMILES string of the molecule is COc1cc(CC(=O)N2CCC(c3cc4cccnc4[nH]3)CC2)cc(OC)c1OC. The number of likely N-dealkylation sites (tertiary alicyclic amines) is 1. The van der Waals surface area contributed by atoms with Crippen molar-refractivity contribution >= 4 is 16.9 Å². The molecule has 3 heterocycles. The van der Waals surface area contributed by atoms with Crippen LogP contribution < -0.4 is 14.2 Å². The maximum atomic E-state index is 12.9. The number of ether oxygens (including phenoxy) is 3. The summed E-state index contributed by atoms with van der Waals surface area (Å²) in [7, 11) is 4.72. The van der Waals surface area contributed by atoms with Crippen LogP contribution in [0.25, 0.3) is 11.0 Å². The number of carbonyl (C=O) groups is 1. The predicted octanol–water partition coefficient (Wildman–Crippen LogP) is 3.54. The van der Waals surface area contributed by atoms with E-state index in [1.807, 2.05) is 23.1 Å². The second-order valence-electron chi connectivity index (χ2n) is 7.53. The fourth-order valence-corrected chi connectivity index (χ4v) is 4.16. The maximum absolute atomic E-state index is 12.9. The number of benzene rings is 1. The Kier molecular flexibility index (Phi) is 5.79. The zero-order valence-corrected chi connectivity index (χ0v) is 17.6. The van der Waals surface area contributed by atoms with Gasteiger partial charge in [-0.1, -0.05) is 0 Å². The Bertz CT molecular complexity index is 980. The molecule has 30 heavy (non-hydrogen) atoms. The Morgan fingerprint density at radius 2 is 1.80 bits per heavy atom. The molecule has 1 aliphatic rings. The molecule has 158 valence electrons. The predicted molar refractivity (Wildman–Crippen MR) is 114 cm³/mol. The number of aromatic amines is 1. The summed E-state index contributed by atoms with van der Waals surface area (Å²) in [5.74, 6) is 2.19. The van der Waals surface area contributed by atoms with Crippen LogP contribution in [0, 0.1) is 0 Å². The van der Waals surface area contributed by atoms with Crippen LogP contribution in [0.3, 0.4) is 0 Å². The molecule has 1 aliphatic heterocycles. The first-order valence-corrected chi connectivity index (χ1v) is 10.1. The molecule has 0 unspecified atom stereocenters. The van der Waals surface area contributed by atoms with Gasteiger partial charge in [0.1, 0.15) is 5.65 Å². The summed E-state index contributed by atoms with van der Waals surface area (Å²) >= 11 is 0. The molecule has 1 saturated heterocycles. The van der Waals surface area contributed by atoms with Crippen LogP contribution >= 0.6 is 0 Å². The number of nitrogens with one attached hydrogen (secondary N) is 1. The molecule has 2 aromatic heterocycles. The van der Waals surface area contributed by atoms with Crippen LogP contribution in [0.5, 0.6) is 17.2 Å². The van der Waals surface area contributed by atoms with E-state index in [-0.39, 0.29) is 5.91 Å². The molecule has 0 radical (unpaired) electrons. The van der Waals surface area contributed by atoms with Gasteiger partial charge in [0.25, 0.3) is 0 Å². The molecule has 0 aliphatic carbocycles. The van der Waals surface area contributed by atoms with Gasteiger partial charge in [0, 0.05) is 36.3 Å². The van der Waals surface area contributed by atoms with Crippen molar-refractivity contribution in [2.75, 3.05) is 34.4 Å². The number of hydrogen-bond acceptors (Lipinski definition) is 5. The first-order chi connectivity index (χ1) is 14.6. The van der Waals surface area contributed by atoms with Crippen LogP contribution in [0.4, 0.5) is 0 Å². The van der Waals surface area contributed by atoms with Gasteiger partial charge in [0.2, 0.25) is 11.7 Å². The summed E-state index contributed by atoms with van der Waals surface area (Å²) in [5, 5.41) is 1.13. The molecule has 4 rings (SSSR count). The van der Waals surface area contributed by atoms with Crippen molar-refractivity contribution in [3.8, 4) is 17.2 Å². The molecule has 1 amide bonds. The minimum absolute atomic E-state index is 0.112. The first kappa shape index (κ1) is 20.1. The number of piperidine rings is 1. The number of amides is 1. The van der Waals surface area contributed by atoms with Crippen molar-refractivity contribution in [2.45, 2.75) is 25.2 Å². The van der Waals surface area contributed by atoms with Crippen molar-refractivity contribution in [2.24, 2.45) is 0 Å². The maximum Gasteiger partial charge on any atom is 0.226 e. The number of pyridine rings is 1. The average Bonchev–Trinajstić information content (AvgIpc) is 3.22. The van der Waals surface area contributed by atoms with Crippen LogP contribution in [-0.4, -0.2) is 55.2 Å². The third-order valence-corrected chi connectivity index (χ3v) is 5.78. The largest absolute Gasteiger partial charge is 0.493 e. The highest BCUT2D eigenvalue weighted by Crippen LogP contribution is 2.38. The van der Waals surface area contributed by atoms with Gasteiger partial charge in [-0.3, -0.25) is 4.79 Å². The molecule has 0 saturated carbocycles. The van der Waals surface area contributed by atoms with Gasteiger partial charge in [0.05, 0.1) is 27.8 Å². The number of aromatic nitrogens is 2. The molecular weight excluding hydrogens is 382 g/mol. The molecule has 7 heteroatoms. The second-order valence-corrected chi connectivity index (χ2v) is 7.53. The lowest BCUT2D eigenvalue weighted by Gasteiger charge is -2.31. The molecule has 7 nitrogen and oxygen atoms in total. The lowest BCUT2D eigenvalue weighted by Crippen LogP contribution is -2.38. The topological polar surface area (TPSA) is 76.7 Å². The highest BCUT2D eigenvalue weighted by Gasteiger charge is 2.25. The van der Waals surface area contributed by atoms with E-state index >= 15 is 0 Å². The lowest BCUT2D eigenvalue weighted by molar-refractivity contribution is -0.131. The number of fused-ring (bicyclic) bond motifs is 1. The number of hydrogen-bond donors (Lipinski definition) is 1. The number of nitrogens with zero attached hydrogens (tertiary/aromatic N) is 2. The zero-order valence-electron chi connectivity index (χ0n) is 17.6. The van der Waals surface area contributed by atoms with E-state index in [1.165, 1.54) is 5.69 Å². The van der Waals surface area contributed by atoms with E-state index in [0.717, 1.165) is 42.5 Å². The van der Waals surface area contributed by atoms with Gasteiger partial charge in [-0.15, -0.1) is 0 Å². The highest BCUT2D eigenvalue weighted by atomic mass is 16.5. The number of carbonyl (C=O) groups excluding carboxylic acids is 1. The van der Waals surface area contributed by atoms with Crippen LogP contribution in [0.2, 0.25) is 0 Å². The Morgan fingerprint density at radius 1 is 1.10 bits per heavy atom. The third kappa shape index (κ3) is 3.92. The standard InChI is InChI=1S/C23H27N3O4/c1-28-19-11-15(12-20(29-2)22(19)30-3)13-21(27)26-9-6-16(7-10-26)18-14-17-5-4-8-24-23(17)25-18/h4-5,8,11-12,14,16H,6-7,9-10,13H2,1-3H3,(H,24,25). The first-order valence-electron chi connectivity index (χ1n) is 10.1. The average molecular weight is 409 g/mol. The Hall–Kier alpha value is -3.22. The smallest absolute Gasteiger partial charge is 0.226 e. The van der Waals surface area contributed by atoms with Crippen LogP contribution in [0.15, 0.2) is 36.5 Å². The molecular formula is C23H27N3O4. The summed E-state index contributed by atoms with van der Waals surface area (Å²) in [4.78, 5) is 22.7. The number of rotatable bonds is 6. The Morgan fingerprint density at radius 3 is 2.40 bits per heavy atom. The van der Waals surface area contributed by atoms with Crippen molar-refractivity contribution in [3.05, 3.63) is 47.8 Å². The van der Waals surface area contributed by atoms with Crippen LogP contribution in [-0.2, 0) is 11.2 Å². The minimum atomic E-state index is 0.112. The second kappa shape index (κ2) is 8.65. The lowest BCUT2D eigenvalue weighted by atomic mass is 9.93. The van der Waals surface area contributed by atoms with Crippen molar-refractivity contribution < 1.29 is 19.0 Å². The van der Waals surface area contributed by atoms with Crippen LogP contribution in [0.1, 0.15) is 30.0 Å². The van der Waals surface area contributed by atoms with Gasteiger partial charge < -0.3 is 24.1 Å². The summed E-state index contributed by atoms with van der Waals surface area (Å²) in [6, 6.07) is 9.87. The van der Waals surface area contributed by atoms with Gasteiger partial charge in [-0.2, -0.15) is 0 Å². The van der Waals surface area contributed by atoms with E-state index in [9.17, 15) is 4.79 Å². The molecule has 3 aromatic rings. The summed E-state index contributed by atoms with van der Waals surface area (Å²) in [6.07, 6.45) is 3.98. The fraction of sp³-hybridized carbons (Fsp3) is 0.391. The van der Waals surface area contributed by atoms with Crippen molar-refractivity contribution in [1.29, 1.82) is 0 Å². The number of methoxy groups -OCH3 is 3. The molecule has 1 aromatic carbocycles. The van der Waals surface area contributed by atoms with Crippen molar-refractivity contribution in [3.63, 3.8) is 0 Å². The Labute approximate surface area is 176 Å². The highest BCUT2D eigenvalue weighted by molar-refractivity contribution is 5.79. The van der Waals surface area contributed by atoms with Crippen molar-refractivity contribution in [1.82, 2.24) is 14.9 Å². The normalized spacial score (nSPS) is 14.7. The molecule has 0 spiro atoms. The summed E-state index contributed by atoms with van der Waals surface area (Å²) in [5.41, 5.74) is 2.98. The van der Waals surface area contributed by atoms with E-state index in [0.29, 0.717) is 29.6 Å².